The van der Waals surface area contributed by atoms with Gasteiger partial charge in [-0.25, -0.2) is 0 Å². The van der Waals surface area contributed by atoms with Gasteiger partial charge < -0.3 is 10.2 Å². The first kappa shape index (κ1) is 22.4. The number of piperidine rings is 1. The van der Waals surface area contributed by atoms with E-state index >= 15 is 0 Å². The predicted molar refractivity (Wildman–Crippen MR) is 124 cm³/mol. The molecule has 0 unspecified atom stereocenters. The Kier molecular flexibility index (Phi) is 6.55. The van der Waals surface area contributed by atoms with E-state index in [1.807, 2.05) is 43.9 Å². The largest absolute Gasteiger partial charge is 0.342 e. The zero-order chi connectivity index (χ0) is 22.7. The van der Waals surface area contributed by atoms with Gasteiger partial charge in [0.1, 0.15) is 0 Å². The molecule has 0 radical (unpaired) electrons. The van der Waals surface area contributed by atoms with E-state index in [4.69, 9.17) is 0 Å². The Morgan fingerprint density at radius 2 is 1.78 bits per heavy atom. The Balaban J connectivity index is 1.41. The third-order valence-electron chi connectivity index (χ3n) is 6.40. The molecule has 2 aliphatic rings. The summed E-state index contributed by atoms with van der Waals surface area (Å²) in [6.45, 7) is 9.03. The first-order valence-electron chi connectivity index (χ1n) is 11.5. The van der Waals surface area contributed by atoms with E-state index in [-0.39, 0.29) is 23.1 Å². The van der Waals surface area contributed by atoms with Gasteiger partial charge >= 0.3 is 0 Å². The maximum atomic E-state index is 13.1. The SMILES string of the molecule is CC(C)(C)C(=O)N1CCC(Cc2ccc(N(C(=O)C3CNC3)c3cccnn3)cc2)CC1. The van der Waals surface area contributed by atoms with Crippen LogP contribution in [0, 0.1) is 17.3 Å². The third-order valence-corrected chi connectivity index (χ3v) is 6.40. The average molecular weight is 436 g/mol. The van der Waals surface area contributed by atoms with Crippen molar-refractivity contribution in [1.82, 2.24) is 20.4 Å². The van der Waals surface area contributed by atoms with Gasteiger partial charge in [0.25, 0.3) is 0 Å². The van der Waals surface area contributed by atoms with Crippen molar-refractivity contribution in [3.63, 3.8) is 0 Å². The normalized spacial score (nSPS) is 17.7. The third kappa shape index (κ3) is 4.99. The number of nitrogens with one attached hydrogen (secondary N) is 1. The molecule has 0 atom stereocenters. The lowest BCUT2D eigenvalue weighted by atomic mass is 9.88. The molecule has 4 rings (SSSR count). The maximum Gasteiger partial charge on any atom is 0.238 e. The number of aromatic nitrogens is 2. The second-order valence-electron chi connectivity index (χ2n) is 9.97. The Bertz CT molecular complexity index is 927. The number of nitrogens with zero attached hydrogens (tertiary/aromatic N) is 4. The number of anilines is 2. The molecule has 2 aromatic rings. The summed E-state index contributed by atoms with van der Waals surface area (Å²) in [6.07, 6.45) is 4.66. The number of hydrogen-bond acceptors (Lipinski definition) is 5. The second-order valence-corrected chi connectivity index (χ2v) is 9.97. The fraction of sp³-hybridized carbons (Fsp3) is 0.520. The molecule has 0 saturated carbocycles. The van der Waals surface area contributed by atoms with Crippen molar-refractivity contribution in [2.24, 2.45) is 17.3 Å². The van der Waals surface area contributed by atoms with Crippen LogP contribution in [0.15, 0.2) is 42.6 Å². The first-order valence-corrected chi connectivity index (χ1v) is 11.5. The highest BCUT2D eigenvalue weighted by Crippen LogP contribution is 2.29. The Morgan fingerprint density at radius 1 is 1.09 bits per heavy atom. The summed E-state index contributed by atoms with van der Waals surface area (Å²) >= 11 is 0. The highest BCUT2D eigenvalue weighted by atomic mass is 16.2. The summed E-state index contributed by atoms with van der Waals surface area (Å²) in [5.41, 5.74) is 1.76. The number of rotatable bonds is 5. The van der Waals surface area contributed by atoms with Crippen LogP contribution in [0.2, 0.25) is 0 Å². The van der Waals surface area contributed by atoms with Gasteiger partial charge in [0, 0.05) is 37.8 Å². The molecular formula is C25H33N5O2. The second kappa shape index (κ2) is 9.36. The minimum absolute atomic E-state index is 0.0299. The zero-order valence-electron chi connectivity index (χ0n) is 19.3. The van der Waals surface area contributed by atoms with Gasteiger partial charge in [0.15, 0.2) is 5.82 Å². The molecule has 2 aliphatic heterocycles. The van der Waals surface area contributed by atoms with Crippen LogP contribution in [0.4, 0.5) is 11.5 Å². The van der Waals surface area contributed by atoms with Crippen LogP contribution in [0.3, 0.4) is 0 Å². The number of carbonyl (C=O) groups excluding carboxylic acids is 2. The number of hydrogen-bond donors (Lipinski definition) is 1. The van der Waals surface area contributed by atoms with Gasteiger partial charge in [-0.15, -0.1) is 5.10 Å². The summed E-state index contributed by atoms with van der Waals surface area (Å²) in [4.78, 5) is 29.3. The Morgan fingerprint density at radius 3 is 2.31 bits per heavy atom. The predicted octanol–water partition coefficient (Wildman–Crippen LogP) is 3.19. The maximum absolute atomic E-state index is 13.1. The Hall–Kier alpha value is -2.80. The smallest absolute Gasteiger partial charge is 0.238 e. The van der Waals surface area contributed by atoms with Crippen LogP contribution in [-0.2, 0) is 16.0 Å². The van der Waals surface area contributed by atoms with Crippen LogP contribution in [0.25, 0.3) is 0 Å². The molecule has 2 amide bonds. The standard InChI is InChI=1S/C25H33N5O2/c1-25(2,3)24(32)29-13-10-19(11-14-29)15-18-6-8-21(9-7-18)30(22-5-4-12-27-28-22)23(31)20-16-26-17-20/h4-9,12,19-20,26H,10-11,13-17H2,1-3H3. The number of carbonyl (C=O) groups is 2. The van der Waals surface area contributed by atoms with Crippen molar-refractivity contribution in [2.45, 2.75) is 40.0 Å². The van der Waals surface area contributed by atoms with Crippen LogP contribution in [-0.4, -0.2) is 53.1 Å². The summed E-state index contributed by atoms with van der Waals surface area (Å²) in [5.74, 6) is 1.39. The summed E-state index contributed by atoms with van der Waals surface area (Å²) in [7, 11) is 0. The number of likely N-dealkylation sites (tertiary alicyclic amines) is 1. The van der Waals surface area contributed by atoms with Crippen molar-refractivity contribution in [1.29, 1.82) is 0 Å². The molecule has 2 fully saturated rings. The molecule has 2 saturated heterocycles. The van der Waals surface area contributed by atoms with E-state index < -0.39 is 0 Å². The molecule has 7 heteroatoms. The monoisotopic (exact) mass is 435 g/mol. The molecule has 3 heterocycles. The van der Waals surface area contributed by atoms with E-state index in [1.165, 1.54) is 5.56 Å². The number of benzene rings is 1. The Labute approximate surface area is 190 Å². The highest BCUT2D eigenvalue weighted by Gasteiger charge is 2.32. The van der Waals surface area contributed by atoms with Crippen LogP contribution >= 0.6 is 0 Å². The minimum atomic E-state index is -0.315. The molecule has 0 aliphatic carbocycles. The van der Waals surface area contributed by atoms with Gasteiger partial charge in [-0.05, 0) is 55.0 Å². The summed E-state index contributed by atoms with van der Waals surface area (Å²) in [5, 5.41) is 11.3. The molecule has 7 nitrogen and oxygen atoms in total. The molecule has 170 valence electrons. The average Bonchev–Trinajstić information content (AvgIpc) is 2.74. The van der Waals surface area contributed by atoms with Crippen molar-refractivity contribution in [3.05, 3.63) is 48.2 Å². The van der Waals surface area contributed by atoms with Gasteiger partial charge in [0.05, 0.1) is 11.6 Å². The van der Waals surface area contributed by atoms with E-state index in [9.17, 15) is 9.59 Å². The number of amides is 2. The lowest BCUT2D eigenvalue weighted by Crippen LogP contribution is -2.51. The molecule has 0 spiro atoms. The zero-order valence-corrected chi connectivity index (χ0v) is 19.3. The molecular weight excluding hydrogens is 402 g/mol. The first-order chi connectivity index (χ1) is 15.3. The lowest BCUT2D eigenvalue weighted by molar-refractivity contribution is -0.140. The van der Waals surface area contributed by atoms with Crippen LogP contribution in [0.5, 0.6) is 0 Å². The highest BCUT2D eigenvalue weighted by molar-refractivity contribution is 6.01. The molecule has 32 heavy (non-hydrogen) atoms. The molecule has 1 aromatic heterocycles. The van der Waals surface area contributed by atoms with E-state index in [0.717, 1.165) is 38.0 Å². The summed E-state index contributed by atoms with van der Waals surface area (Å²) < 4.78 is 0. The van der Waals surface area contributed by atoms with Crippen molar-refractivity contribution in [3.8, 4) is 0 Å². The fourth-order valence-electron chi connectivity index (χ4n) is 4.36. The van der Waals surface area contributed by atoms with Crippen molar-refractivity contribution >= 4 is 23.3 Å². The van der Waals surface area contributed by atoms with E-state index in [2.05, 4.69) is 27.6 Å². The van der Waals surface area contributed by atoms with Crippen LogP contribution in [0.1, 0.15) is 39.2 Å². The molecule has 1 aromatic carbocycles. The summed E-state index contributed by atoms with van der Waals surface area (Å²) in [6, 6.07) is 11.8. The van der Waals surface area contributed by atoms with Gasteiger partial charge in [-0.1, -0.05) is 32.9 Å². The molecule has 0 bridgehead atoms. The van der Waals surface area contributed by atoms with E-state index in [0.29, 0.717) is 24.8 Å². The van der Waals surface area contributed by atoms with Gasteiger partial charge in [-0.3, -0.25) is 14.5 Å². The van der Waals surface area contributed by atoms with Crippen molar-refractivity contribution < 1.29 is 9.59 Å². The van der Waals surface area contributed by atoms with Gasteiger partial charge in [-0.2, -0.15) is 5.10 Å². The quantitative estimate of drug-likeness (QED) is 0.780. The topological polar surface area (TPSA) is 78.4 Å². The minimum Gasteiger partial charge on any atom is -0.342 e. The van der Waals surface area contributed by atoms with Gasteiger partial charge in [0.2, 0.25) is 11.8 Å². The lowest BCUT2D eigenvalue weighted by Gasteiger charge is -2.36. The van der Waals surface area contributed by atoms with Crippen LogP contribution < -0.4 is 10.2 Å². The fourth-order valence-corrected chi connectivity index (χ4v) is 4.36. The van der Waals surface area contributed by atoms with E-state index in [1.54, 1.807) is 17.2 Å². The molecule has 1 N–H and O–H groups in total. The van der Waals surface area contributed by atoms with Crippen molar-refractivity contribution in [2.75, 3.05) is 31.1 Å².